The number of urea groups is 1. The standard InChI is InChI=1S/C18H20N6O3/c1-23-9-7-20-15(23)14-18(6-8-24(14)13(25)10-21-17(19)27)11-4-2-3-5-12(11)22-16(18)26/h2-5,7,9,14H,6,8,10H2,1H3,(H,22,26)(H3,19,21,27)/t14-,18+/m0/s1. The van der Waals surface area contributed by atoms with Crippen LogP contribution in [-0.4, -0.2) is 45.4 Å². The summed E-state index contributed by atoms with van der Waals surface area (Å²) >= 11 is 0. The summed E-state index contributed by atoms with van der Waals surface area (Å²) in [5.74, 6) is 0.164. The average Bonchev–Trinajstić information content (AvgIpc) is 3.30. The molecule has 1 aromatic heterocycles. The fourth-order valence-electron chi connectivity index (χ4n) is 4.22. The third kappa shape index (κ3) is 2.46. The number of anilines is 1. The van der Waals surface area contributed by atoms with Crippen LogP contribution in [0.5, 0.6) is 0 Å². The van der Waals surface area contributed by atoms with Crippen LogP contribution in [0, 0.1) is 0 Å². The smallest absolute Gasteiger partial charge is 0.312 e. The Morgan fingerprint density at radius 2 is 2.19 bits per heavy atom. The maximum Gasteiger partial charge on any atom is 0.312 e. The molecule has 9 heteroatoms. The van der Waals surface area contributed by atoms with Gasteiger partial charge in [-0.25, -0.2) is 9.78 Å². The third-order valence-electron chi connectivity index (χ3n) is 5.42. The number of amides is 4. The topological polar surface area (TPSA) is 122 Å². The highest BCUT2D eigenvalue weighted by atomic mass is 16.2. The van der Waals surface area contributed by atoms with E-state index in [0.29, 0.717) is 18.8 Å². The molecule has 1 aromatic carbocycles. The van der Waals surface area contributed by atoms with E-state index in [4.69, 9.17) is 5.73 Å². The van der Waals surface area contributed by atoms with Gasteiger partial charge in [0.25, 0.3) is 0 Å². The number of aryl methyl sites for hydroxylation is 1. The van der Waals surface area contributed by atoms with Crippen LogP contribution in [0.25, 0.3) is 0 Å². The highest BCUT2D eigenvalue weighted by Crippen LogP contribution is 2.54. The van der Waals surface area contributed by atoms with Crippen molar-refractivity contribution in [2.45, 2.75) is 17.9 Å². The van der Waals surface area contributed by atoms with Crippen LogP contribution >= 0.6 is 0 Å². The lowest BCUT2D eigenvalue weighted by Crippen LogP contribution is -2.46. The van der Waals surface area contributed by atoms with E-state index in [1.54, 1.807) is 17.3 Å². The maximum atomic E-state index is 13.1. The quantitative estimate of drug-likeness (QED) is 0.719. The molecule has 0 bridgehead atoms. The minimum Gasteiger partial charge on any atom is -0.352 e. The Morgan fingerprint density at radius 3 is 2.89 bits per heavy atom. The summed E-state index contributed by atoms with van der Waals surface area (Å²) < 4.78 is 1.81. The highest BCUT2D eigenvalue weighted by molar-refractivity contribution is 6.07. The van der Waals surface area contributed by atoms with Gasteiger partial charge < -0.3 is 25.8 Å². The largest absolute Gasteiger partial charge is 0.352 e. The molecule has 0 aliphatic carbocycles. The molecule has 1 saturated heterocycles. The Hall–Kier alpha value is -3.36. The zero-order chi connectivity index (χ0) is 19.2. The van der Waals surface area contributed by atoms with Crippen LogP contribution in [0.4, 0.5) is 10.5 Å². The Morgan fingerprint density at radius 1 is 1.41 bits per heavy atom. The Bertz CT molecular complexity index is 939. The van der Waals surface area contributed by atoms with E-state index in [0.717, 1.165) is 11.3 Å². The molecule has 140 valence electrons. The number of imidazole rings is 1. The van der Waals surface area contributed by atoms with Gasteiger partial charge in [0.15, 0.2) is 0 Å². The molecule has 0 saturated carbocycles. The number of aromatic nitrogens is 2. The summed E-state index contributed by atoms with van der Waals surface area (Å²) in [6.07, 6.45) is 3.89. The van der Waals surface area contributed by atoms with Gasteiger partial charge in [0, 0.05) is 31.7 Å². The number of para-hydroxylation sites is 1. The Balaban J connectivity index is 1.81. The molecule has 4 amide bonds. The number of nitrogens with one attached hydrogen (secondary N) is 2. The molecule has 3 heterocycles. The number of carbonyl (C=O) groups is 3. The van der Waals surface area contributed by atoms with E-state index in [9.17, 15) is 14.4 Å². The van der Waals surface area contributed by atoms with Crippen molar-refractivity contribution in [2.75, 3.05) is 18.4 Å². The second kappa shape index (κ2) is 6.11. The molecule has 0 unspecified atom stereocenters. The van der Waals surface area contributed by atoms with E-state index in [2.05, 4.69) is 15.6 Å². The number of primary amides is 1. The first-order valence-corrected chi connectivity index (χ1v) is 8.66. The van der Waals surface area contributed by atoms with Crippen molar-refractivity contribution in [3.8, 4) is 0 Å². The van der Waals surface area contributed by atoms with Crippen molar-refractivity contribution >= 4 is 23.5 Å². The van der Waals surface area contributed by atoms with Crippen molar-refractivity contribution < 1.29 is 14.4 Å². The number of rotatable bonds is 3. The highest BCUT2D eigenvalue weighted by Gasteiger charge is 2.60. The predicted octanol–water partition coefficient (Wildman–Crippen LogP) is 0.252. The Labute approximate surface area is 155 Å². The summed E-state index contributed by atoms with van der Waals surface area (Å²) in [7, 11) is 1.83. The fraction of sp³-hybridized carbons (Fsp3) is 0.333. The fourth-order valence-corrected chi connectivity index (χ4v) is 4.22. The first-order valence-electron chi connectivity index (χ1n) is 8.66. The SMILES string of the molecule is Cn1ccnc1[C@@H]1N(C(=O)CNC(N)=O)CC[C@]12C(=O)Nc1ccccc12. The molecule has 2 aliphatic heterocycles. The van der Waals surface area contributed by atoms with Gasteiger partial charge >= 0.3 is 6.03 Å². The van der Waals surface area contributed by atoms with E-state index >= 15 is 0 Å². The van der Waals surface area contributed by atoms with Crippen LogP contribution in [0.3, 0.4) is 0 Å². The second-order valence-electron chi connectivity index (χ2n) is 6.82. The number of nitrogens with two attached hydrogens (primary N) is 1. The van der Waals surface area contributed by atoms with Crippen LogP contribution in [-0.2, 0) is 22.1 Å². The van der Waals surface area contributed by atoms with Gasteiger partial charge in [-0.2, -0.15) is 0 Å². The second-order valence-corrected chi connectivity index (χ2v) is 6.82. The zero-order valence-electron chi connectivity index (χ0n) is 14.8. The molecular formula is C18H20N6O3. The molecular weight excluding hydrogens is 348 g/mol. The molecule has 4 N–H and O–H groups in total. The molecule has 2 atom stereocenters. The minimum atomic E-state index is -0.919. The number of hydrogen-bond donors (Lipinski definition) is 3. The Kier molecular flexibility index (Phi) is 3.87. The molecule has 27 heavy (non-hydrogen) atoms. The monoisotopic (exact) mass is 368 g/mol. The molecule has 2 aromatic rings. The van der Waals surface area contributed by atoms with E-state index < -0.39 is 17.5 Å². The first-order chi connectivity index (χ1) is 12.9. The number of carbonyl (C=O) groups excluding carboxylic acids is 3. The third-order valence-corrected chi connectivity index (χ3v) is 5.42. The lowest BCUT2D eigenvalue weighted by Gasteiger charge is -2.33. The maximum absolute atomic E-state index is 13.1. The summed E-state index contributed by atoms with van der Waals surface area (Å²) in [5.41, 5.74) is 5.79. The molecule has 2 aliphatic rings. The summed E-state index contributed by atoms with van der Waals surface area (Å²) in [6, 6.07) is 6.17. The number of nitrogens with zero attached hydrogens (tertiary/aromatic N) is 3. The minimum absolute atomic E-state index is 0.144. The van der Waals surface area contributed by atoms with Crippen molar-refractivity contribution in [1.29, 1.82) is 0 Å². The number of fused-ring (bicyclic) bond motifs is 2. The van der Waals surface area contributed by atoms with Crippen molar-refractivity contribution in [3.63, 3.8) is 0 Å². The van der Waals surface area contributed by atoms with Gasteiger partial charge in [0.1, 0.15) is 17.3 Å². The predicted molar refractivity (Wildman–Crippen MR) is 96.6 cm³/mol. The van der Waals surface area contributed by atoms with Gasteiger partial charge in [-0.1, -0.05) is 18.2 Å². The van der Waals surface area contributed by atoms with Crippen LogP contribution < -0.4 is 16.4 Å². The number of benzene rings is 1. The van der Waals surface area contributed by atoms with Crippen LogP contribution in [0.1, 0.15) is 23.9 Å². The van der Waals surface area contributed by atoms with E-state index in [1.165, 1.54) is 0 Å². The van der Waals surface area contributed by atoms with Gasteiger partial charge in [0.2, 0.25) is 11.8 Å². The van der Waals surface area contributed by atoms with Crippen molar-refractivity contribution in [1.82, 2.24) is 19.8 Å². The first kappa shape index (κ1) is 17.1. The molecule has 1 fully saturated rings. The van der Waals surface area contributed by atoms with Gasteiger partial charge in [-0.15, -0.1) is 0 Å². The van der Waals surface area contributed by atoms with E-state index in [-0.39, 0.29) is 18.4 Å². The zero-order valence-corrected chi connectivity index (χ0v) is 14.8. The van der Waals surface area contributed by atoms with Crippen LogP contribution in [0.2, 0.25) is 0 Å². The molecule has 4 rings (SSSR count). The summed E-state index contributed by atoms with van der Waals surface area (Å²) in [4.78, 5) is 43.0. The van der Waals surface area contributed by atoms with Crippen molar-refractivity contribution in [2.24, 2.45) is 12.8 Å². The van der Waals surface area contributed by atoms with Gasteiger partial charge in [0.05, 0.1) is 6.54 Å². The lowest BCUT2D eigenvalue weighted by atomic mass is 9.74. The summed E-state index contributed by atoms with van der Waals surface area (Å²) in [5, 5.41) is 5.28. The van der Waals surface area contributed by atoms with Crippen molar-refractivity contribution in [3.05, 3.63) is 48.0 Å². The number of likely N-dealkylation sites (tertiary alicyclic amines) is 1. The van der Waals surface area contributed by atoms with Gasteiger partial charge in [-0.3, -0.25) is 9.59 Å². The van der Waals surface area contributed by atoms with Gasteiger partial charge in [-0.05, 0) is 18.1 Å². The average molecular weight is 368 g/mol. The molecule has 1 spiro atoms. The van der Waals surface area contributed by atoms with E-state index in [1.807, 2.05) is 35.9 Å². The normalized spacial score (nSPS) is 23.4. The molecule has 9 nitrogen and oxygen atoms in total. The van der Waals surface area contributed by atoms with Crippen LogP contribution in [0.15, 0.2) is 36.7 Å². The summed E-state index contributed by atoms with van der Waals surface area (Å²) in [6.45, 7) is 0.147. The molecule has 0 radical (unpaired) electrons. The number of hydrogen-bond acceptors (Lipinski definition) is 4. The lowest BCUT2D eigenvalue weighted by molar-refractivity contribution is -0.132.